The number of nitrogens with one attached hydrogen (secondary N) is 1. The average Bonchev–Trinajstić information content (AvgIpc) is 3.02. The molecule has 230 valence electrons. The lowest BCUT2D eigenvalue weighted by Gasteiger charge is -2.40. The van der Waals surface area contributed by atoms with Gasteiger partial charge in [0.15, 0.2) is 9.84 Å². The molecule has 1 aliphatic rings. The predicted molar refractivity (Wildman–Crippen MR) is 154 cm³/mol. The van der Waals surface area contributed by atoms with Gasteiger partial charge in [0.25, 0.3) is 11.8 Å². The molecule has 9 nitrogen and oxygen atoms in total. The van der Waals surface area contributed by atoms with E-state index in [0.717, 1.165) is 28.3 Å². The Hall–Kier alpha value is -3.97. The molecule has 2 amide bonds. The van der Waals surface area contributed by atoms with Crippen molar-refractivity contribution < 1.29 is 36.0 Å². The number of nitrogens with zero attached hydrogens (tertiary/aromatic N) is 3. The van der Waals surface area contributed by atoms with Crippen molar-refractivity contribution in [1.29, 1.82) is 0 Å². The van der Waals surface area contributed by atoms with E-state index >= 15 is 0 Å². The maximum atomic E-state index is 13.1. The molecule has 1 saturated heterocycles. The van der Waals surface area contributed by atoms with Gasteiger partial charge < -0.3 is 10.2 Å². The van der Waals surface area contributed by atoms with E-state index in [2.05, 4.69) is 10.3 Å². The largest absolute Gasteiger partial charge is 0.416 e. The fourth-order valence-electron chi connectivity index (χ4n) is 4.95. The number of anilines is 1. The second-order valence-corrected chi connectivity index (χ2v) is 12.5. The molecule has 0 aliphatic carbocycles. The van der Waals surface area contributed by atoms with Crippen LogP contribution in [0.2, 0.25) is 0 Å². The summed E-state index contributed by atoms with van der Waals surface area (Å²) in [5.74, 6) is -0.407. The van der Waals surface area contributed by atoms with E-state index in [1.807, 2.05) is 0 Å². The number of hydroxylamine groups is 2. The third-order valence-corrected chi connectivity index (χ3v) is 9.33. The zero-order chi connectivity index (χ0) is 31.4. The van der Waals surface area contributed by atoms with Gasteiger partial charge in [-0.05, 0) is 60.4 Å². The number of hydrogen-bond acceptors (Lipinski definition) is 7. The Kier molecular flexibility index (Phi) is 9.75. The number of benzene rings is 2. The Balaban J connectivity index is 1.48. The van der Waals surface area contributed by atoms with E-state index in [1.165, 1.54) is 44.6 Å². The fourth-order valence-corrected chi connectivity index (χ4v) is 5.84. The zero-order valence-corrected chi connectivity index (χ0v) is 24.8. The third-order valence-electron chi connectivity index (χ3n) is 7.58. The van der Waals surface area contributed by atoms with Crippen molar-refractivity contribution >= 4 is 27.5 Å². The first-order valence-corrected chi connectivity index (χ1v) is 15.3. The molecule has 0 saturated carbocycles. The highest BCUT2D eigenvalue weighted by Crippen LogP contribution is 2.35. The quantitative estimate of drug-likeness (QED) is 0.350. The minimum atomic E-state index is -4.43. The van der Waals surface area contributed by atoms with Gasteiger partial charge in [0, 0.05) is 32.3 Å². The molecule has 0 spiro atoms. The molecule has 1 aromatic heterocycles. The van der Waals surface area contributed by atoms with Crippen molar-refractivity contribution in [2.75, 3.05) is 31.4 Å². The average molecular weight is 619 g/mol. The summed E-state index contributed by atoms with van der Waals surface area (Å²) >= 11 is 0. The second kappa shape index (κ2) is 13.1. The van der Waals surface area contributed by atoms with Crippen LogP contribution in [0.3, 0.4) is 0 Å². The highest BCUT2D eigenvalue weighted by Gasteiger charge is 2.37. The van der Waals surface area contributed by atoms with Crippen LogP contribution in [0.1, 0.15) is 52.7 Å². The normalized spacial score (nSPS) is 17.4. The fraction of sp³-hybridized carbons (Fsp3) is 0.367. The van der Waals surface area contributed by atoms with Crippen molar-refractivity contribution in [3.05, 3.63) is 89.1 Å². The molecule has 1 aliphatic heterocycles. The summed E-state index contributed by atoms with van der Waals surface area (Å²) in [5, 5.41) is 3.91. The SMILES string of the molecule is CCS(=O)(=O)c1ccc(CNC(=O)c2ccc(N3CC(c4ccc(C(F)(F)F)cc4)CC[C@H]3C(=O)N(C)OC)nc2)cc1. The number of aromatic nitrogens is 1. The lowest BCUT2D eigenvalue weighted by molar-refractivity contribution is -0.170. The van der Waals surface area contributed by atoms with Gasteiger partial charge in [0.05, 0.1) is 28.9 Å². The number of sulfone groups is 1. The van der Waals surface area contributed by atoms with Gasteiger partial charge in [0.2, 0.25) is 0 Å². The topological polar surface area (TPSA) is 109 Å². The molecule has 2 heterocycles. The van der Waals surface area contributed by atoms with Crippen LogP contribution < -0.4 is 10.2 Å². The number of amides is 2. The number of piperidine rings is 1. The predicted octanol–water partition coefficient (Wildman–Crippen LogP) is 4.60. The van der Waals surface area contributed by atoms with Crippen molar-refractivity contribution in [1.82, 2.24) is 15.4 Å². The summed E-state index contributed by atoms with van der Waals surface area (Å²) in [4.78, 5) is 37.5. The molecule has 1 fully saturated rings. The van der Waals surface area contributed by atoms with Gasteiger partial charge >= 0.3 is 6.18 Å². The summed E-state index contributed by atoms with van der Waals surface area (Å²) in [6.45, 7) is 2.07. The number of hydrogen-bond donors (Lipinski definition) is 1. The van der Waals surface area contributed by atoms with Crippen LogP contribution in [0, 0.1) is 0 Å². The summed E-state index contributed by atoms with van der Waals surface area (Å²) in [7, 11) is -0.439. The van der Waals surface area contributed by atoms with E-state index in [1.54, 1.807) is 36.1 Å². The minimum Gasteiger partial charge on any atom is -0.348 e. The Morgan fingerprint density at radius 3 is 2.28 bits per heavy atom. The molecule has 1 unspecified atom stereocenters. The zero-order valence-electron chi connectivity index (χ0n) is 24.0. The van der Waals surface area contributed by atoms with Crippen molar-refractivity contribution in [2.24, 2.45) is 0 Å². The molecule has 43 heavy (non-hydrogen) atoms. The first kappa shape index (κ1) is 32.0. The Morgan fingerprint density at radius 2 is 1.72 bits per heavy atom. The Morgan fingerprint density at radius 1 is 1.05 bits per heavy atom. The Bertz CT molecular complexity index is 1530. The van der Waals surface area contributed by atoms with Crippen molar-refractivity contribution in [3.8, 4) is 0 Å². The monoisotopic (exact) mass is 618 g/mol. The Labute approximate surface area is 248 Å². The second-order valence-electron chi connectivity index (χ2n) is 10.2. The van der Waals surface area contributed by atoms with Crippen LogP contribution >= 0.6 is 0 Å². The molecule has 2 atom stereocenters. The molecular formula is C30H33F3N4O5S. The summed E-state index contributed by atoms with van der Waals surface area (Å²) in [6, 6.07) is 13.9. The maximum absolute atomic E-state index is 13.1. The van der Waals surface area contributed by atoms with Gasteiger partial charge in [-0.3, -0.25) is 14.4 Å². The van der Waals surface area contributed by atoms with Gasteiger partial charge in [-0.2, -0.15) is 13.2 Å². The van der Waals surface area contributed by atoms with Crippen LogP contribution in [-0.4, -0.2) is 62.8 Å². The summed E-state index contributed by atoms with van der Waals surface area (Å²) in [6.07, 6.45) is -2.05. The number of rotatable bonds is 9. The minimum absolute atomic E-state index is 0.00277. The van der Waals surface area contributed by atoms with Gasteiger partial charge in [-0.1, -0.05) is 31.2 Å². The van der Waals surface area contributed by atoms with Crippen LogP contribution in [0.4, 0.5) is 19.0 Å². The smallest absolute Gasteiger partial charge is 0.348 e. The van der Waals surface area contributed by atoms with Crippen LogP contribution in [0.25, 0.3) is 0 Å². The van der Waals surface area contributed by atoms with Crippen molar-refractivity contribution in [3.63, 3.8) is 0 Å². The molecule has 0 bridgehead atoms. The lowest BCUT2D eigenvalue weighted by Crippen LogP contribution is -2.52. The summed E-state index contributed by atoms with van der Waals surface area (Å²) < 4.78 is 63.2. The number of carbonyl (C=O) groups excluding carboxylic acids is 2. The van der Waals surface area contributed by atoms with Crippen LogP contribution in [-0.2, 0) is 32.2 Å². The molecule has 2 aromatic carbocycles. The number of halogens is 3. The van der Waals surface area contributed by atoms with E-state index in [9.17, 15) is 31.2 Å². The molecule has 1 N–H and O–H groups in total. The lowest BCUT2D eigenvalue weighted by atomic mass is 9.86. The first-order chi connectivity index (χ1) is 20.3. The van der Waals surface area contributed by atoms with E-state index < -0.39 is 33.5 Å². The van der Waals surface area contributed by atoms with Crippen LogP contribution in [0.15, 0.2) is 71.8 Å². The molecule has 13 heteroatoms. The molecule has 0 radical (unpaired) electrons. The van der Waals surface area contributed by atoms with E-state index in [4.69, 9.17) is 4.84 Å². The third kappa shape index (κ3) is 7.52. The first-order valence-electron chi connectivity index (χ1n) is 13.7. The number of alkyl halides is 3. The van der Waals surface area contributed by atoms with Crippen LogP contribution in [0.5, 0.6) is 0 Å². The highest BCUT2D eigenvalue weighted by molar-refractivity contribution is 7.91. The summed E-state index contributed by atoms with van der Waals surface area (Å²) in [5.41, 5.74) is 0.998. The van der Waals surface area contributed by atoms with Gasteiger partial charge in [-0.25, -0.2) is 18.5 Å². The van der Waals surface area contributed by atoms with E-state index in [-0.39, 0.29) is 34.6 Å². The molecular weight excluding hydrogens is 585 g/mol. The number of pyridine rings is 1. The molecule has 3 aromatic rings. The highest BCUT2D eigenvalue weighted by atomic mass is 32.2. The van der Waals surface area contributed by atoms with E-state index in [0.29, 0.717) is 25.2 Å². The van der Waals surface area contributed by atoms with Crippen molar-refractivity contribution in [2.45, 2.75) is 49.3 Å². The van der Waals surface area contributed by atoms with Gasteiger partial charge in [0.1, 0.15) is 11.9 Å². The number of carbonyl (C=O) groups is 2. The number of likely N-dealkylation sites (N-methyl/N-ethyl adjacent to an activating group) is 1. The maximum Gasteiger partial charge on any atom is 0.416 e. The standard InChI is InChI=1S/C30H33F3N4O5S/c1-4-43(40,41)25-13-5-20(6-14-25)17-35-28(38)22-10-16-27(34-18-22)37-19-23(9-15-26(37)29(39)36(2)42-3)21-7-11-24(12-8-21)30(31,32)33/h5-8,10-14,16,18,23,26H,4,9,15,17,19H2,1-3H3,(H,35,38)/t23?,26-/m0/s1. The molecule has 4 rings (SSSR count). The van der Waals surface area contributed by atoms with Gasteiger partial charge in [-0.15, -0.1) is 0 Å².